The first-order valence-corrected chi connectivity index (χ1v) is 6.01. The number of rotatable bonds is 7. The molecule has 0 fully saturated rings. The molecule has 1 rings (SSSR count). The number of nitrogens with one attached hydrogen (secondary N) is 1. The number of ether oxygens (including phenoxy) is 2. The number of nitrogens with zero attached hydrogens (tertiary/aromatic N) is 1. The minimum Gasteiger partial charge on any atom is -0.459 e. The summed E-state index contributed by atoms with van der Waals surface area (Å²) in [5.41, 5.74) is 1.25. The Morgan fingerprint density at radius 3 is 2.81 bits per heavy atom. The van der Waals surface area contributed by atoms with E-state index in [1.807, 2.05) is 0 Å². The van der Waals surface area contributed by atoms with Gasteiger partial charge >= 0.3 is 12.1 Å². The highest BCUT2D eigenvalue weighted by Gasteiger charge is 2.04. The van der Waals surface area contributed by atoms with Crippen molar-refractivity contribution >= 4 is 23.8 Å². The molecular formula is C14H14N2O5. The summed E-state index contributed by atoms with van der Waals surface area (Å²) < 4.78 is 9.46. The van der Waals surface area contributed by atoms with Gasteiger partial charge in [0.05, 0.1) is 6.54 Å². The van der Waals surface area contributed by atoms with E-state index in [-0.39, 0.29) is 19.8 Å². The molecule has 0 spiro atoms. The van der Waals surface area contributed by atoms with Gasteiger partial charge in [0, 0.05) is 11.8 Å². The Balaban J connectivity index is 2.38. The van der Waals surface area contributed by atoms with Crippen LogP contribution in [0.2, 0.25) is 0 Å². The van der Waals surface area contributed by atoms with Crippen molar-refractivity contribution in [2.45, 2.75) is 6.54 Å². The topological polar surface area (TPSA) is 94.1 Å². The molecule has 21 heavy (non-hydrogen) atoms. The van der Waals surface area contributed by atoms with Crippen molar-refractivity contribution in [1.82, 2.24) is 0 Å². The van der Waals surface area contributed by atoms with Gasteiger partial charge in [-0.05, 0) is 17.7 Å². The fourth-order valence-electron chi connectivity index (χ4n) is 1.36. The average Bonchev–Trinajstić information content (AvgIpc) is 2.49. The summed E-state index contributed by atoms with van der Waals surface area (Å²) in [6, 6.07) is 6.77. The Bertz CT molecular complexity index is 564. The number of hydrogen-bond acceptors (Lipinski definition) is 6. The molecule has 0 heterocycles. The molecule has 0 aliphatic heterocycles. The van der Waals surface area contributed by atoms with Gasteiger partial charge in [-0.1, -0.05) is 18.7 Å². The van der Waals surface area contributed by atoms with Crippen LogP contribution in [0, 0.1) is 0 Å². The summed E-state index contributed by atoms with van der Waals surface area (Å²) in [5.74, 6) is -0.581. The zero-order valence-corrected chi connectivity index (χ0v) is 11.2. The van der Waals surface area contributed by atoms with Crippen LogP contribution in [-0.4, -0.2) is 31.4 Å². The smallest absolute Gasteiger partial charge is 0.411 e. The second-order valence-corrected chi connectivity index (χ2v) is 3.74. The first-order chi connectivity index (χ1) is 10.2. The minimum atomic E-state index is -0.680. The molecule has 0 aliphatic rings. The van der Waals surface area contributed by atoms with Gasteiger partial charge in [0.15, 0.2) is 0 Å². The van der Waals surface area contributed by atoms with E-state index in [0.29, 0.717) is 5.69 Å². The van der Waals surface area contributed by atoms with Crippen molar-refractivity contribution in [1.29, 1.82) is 0 Å². The monoisotopic (exact) mass is 290 g/mol. The summed E-state index contributed by atoms with van der Waals surface area (Å²) in [4.78, 5) is 35.7. The molecule has 0 bridgehead atoms. The van der Waals surface area contributed by atoms with Crippen LogP contribution in [-0.2, 0) is 25.6 Å². The van der Waals surface area contributed by atoms with Crippen molar-refractivity contribution in [3.8, 4) is 0 Å². The lowest BCUT2D eigenvalue weighted by molar-refractivity contribution is -0.138. The molecule has 110 valence electrons. The number of benzene rings is 1. The average molecular weight is 290 g/mol. The molecule has 0 atom stereocenters. The van der Waals surface area contributed by atoms with Crippen LogP contribution in [0.15, 0.2) is 41.9 Å². The lowest BCUT2D eigenvalue weighted by Crippen LogP contribution is -2.17. The van der Waals surface area contributed by atoms with Crippen molar-refractivity contribution in [2.75, 3.05) is 18.5 Å². The highest BCUT2D eigenvalue weighted by atomic mass is 16.6. The molecule has 1 aromatic carbocycles. The van der Waals surface area contributed by atoms with Gasteiger partial charge < -0.3 is 9.47 Å². The molecule has 0 radical (unpaired) electrons. The second kappa shape index (κ2) is 9.06. The first kappa shape index (κ1) is 16.1. The number of aliphatic imine (C=N–C) groups is 1. The predicted molar refractivity (Wildman–Crippen MR) is 74.4 cm³/mol. The van der Waals surface area contributed by atoms with E-state index in [1.165, 1.54) is 6.08 Å². The molecular weight excluding hydrogens is 276 g/mol. The number of carbonyl (C=O) groups excluding carboxylic acids is 3. The van der Waals surface area contributed by atoms with Crippen LogP contribution in [0.25, 0.3) is 0 Å². The lowest BCUT2D eigenvalue weighted by atomic mass is 10.2. The fourth-order valence-corrected chi connectivity index (χ4v) is 1.36. The third-order valence-electron chi connectivity index (χ3n) is 2.23. The second-order valence-electron chi connectivity index (χ2n) is 3.74. The zero-order chi connectivity index (χ0) is 15.5. The molecule has 7 nitrogen and oxygen atoms in total. The molecule has 1 aromatic rings. The number of esters is 1. The van der Waals surface area contributed by atoms with E-state index in [0.717, 1.165) is 11.6 Å². The number of anilines is 1. The molecule has 1 N–H and O–H groups in total. The number of hydrogen-bond donors (Lipinski definition) is 1. The number of carbonyl (C=O) groups is 2. The molecule has 0 unspecified atom stereocenters. The van der Waals surface area contributed by atoms with Gasteiger partial charge in [-0.2, -0.15) is 0 Å². The quantitative estimate of drug-likeness (QED) is 0.272. The highest BCUT2D eigenvalue weighted by molar-refractivity contribution is 5.84. The number of isocyanates is 1. The minimum absolute atomic E-state index is 0.0492. The number of amides is 1. The van der Waals surface area contributed by atoms with E-state index in [4.69, 9.17) is 4.74 Å². The van der Waals surface area contributed by atoms with Gasteiger partial charge in [-0.25, -0.2) is 19.4 Å². The summed E-state index contributed by atoms with van der Waals surface area (Å²) in [6.07, 6.45) is 1.78. The van der Waals surface area contributed by atoms with E-state index in [1.54, 1.807) is 24.3 Å². The summed E-state index contributed by atoms with van der Waals surface area (Å²) in [5, 5.41) is 2.50. The van der Waals surface area contributed by atoms with Gasteiger partial charge in [0.1, 0.15) is 13.2 Å². The Kier molecular flexibility index (Phi) is 6.96. The lowest BCUT2D eigenvalue weighted by Gasteiger charge is -2.07. The van der Waals surface area contributed by atoms with Crippen LogP contribution < -0.4 is 5.32 Å². The Morgan fingerprint density at radius 2 is 2.10 bits per heavy atom. The highest BCUT2D eigenvalue weighted by Crippen LogP contribution is 2.11. The third-order valence-corrected chi connectivity index (χ3v) is 2.23. The molecule has 0 saturated carbocycles. The SMILES string of the molecule is C=CC(=O)OCCOC(=O)Nc1cccc(CN=C=O)c1. The van der Waals surface area contributed by atoms with Gasteiger partial charge in [-0.15, -0.1) is 0 Å². The van der Waals surface area contributed by atoms with Gasteiger partial charge in [0.25, 0.3) is 0 Å². The van der Waals surface area contributed by atoms with Crippen LogP contribution in [0.1, 0.15) is 5.56 Å². The van der Waals surface area contributed by atoms with E-state index in [9.17, 15) is 14.4 Å². The van der Waals surface area contributed by atoms with Crippen molar-refractivity contribution in [3.05, 3.63) is 42.5 Å². The maximum absolute atomic E-state index is 11.5. The van der Waals surface area contributed by atoms with Crippen molar-refractivity contribution < 1.29 is 23.9 Å². The molecule has 0 saturated heterocycles. The molecule has 7 heteroatoms. The van der Waals surface area contributed by atoms with Crippen LogP contribution in [0.4, 0.5) is 10.5 Å². The molecule has 1 amide bonds. The standard InChI is InChI=1S/C14H14N2O5/c1-2-13(18)20-6-7-21-14(19)16-12-5-3-4-11(8-12)9-15-10-17/h2-5,8H,1,6-7,9H2,(H,16,19). The van der Waals surface area contributed by atoms with E-state index < -0.39 is 12.1 Å². The largest absolute Gasteiger partial charge is 0.459 e. The van der Waals surface area contributed by atoms with Crippen molar-refractivity contribution in [3.63, 3.8) is 0 Å². The van der Waals surface area contributed by atoms with Crippen LogP contribution in [0.3, 0.4) is 0 Å². The summed E-state index contributed by atoms with van der Waals surface area (Å²) in [6.45, 7) is 3.30. The van der Waals surface area contributed by atoms with Crippen LogP contribution >= 0.6 is 0 Å². The maximum atomic E-state index is 11.5. The Labute approximate surface area is 121 Å². The first-order valence-electron chi connectivity index (χ1n) is 6.01. The van der Waals surface area contributed by atoms with Crippen LogP contribution in [0.5, 0.6) is 0 Å². The van der Waals surface area contributed by atoms with Gasteiger partial charge in [-0.3, -0.25) is 5.32 Å². The Hall–Kier alpha value is -2.92. The van der Waals surface area contributed by atoms with Crippen molar-refractivity contribution in [2.24, 2.45) is 4.99 Å². The summed E-state index contributed by atoms with van der Waals surface area (Å²) in [7, 11) is 0. The normalized spacial score (nSPS) is 9.14. The molecule has 0 aromatic heterocycles. The predicted octanol–water partition coefficient (Wildman–Crippen LogP) is 1.80. The Morgan fingerprint density at radius 1 is 1.33 bits per heavy atom. The summed E-state index contributed by atoms with van der Waals surface area (Å²) >= 11 is 0. The fraction of sp³-hybridized carbons (Fsp3) is 0.214. The molecule has 0 aliphatic carbocycles. The van der Waals surface area contributed by atoms with E-state index >= 15 is 0 Å². The third kappa shape index (κ3) is 6.70. The zero-order valence-electron chi connectivity index (χ0n) is 11.2. The van der Waals surface area contributed by atoms with Gasteiger partial charge in [0.2, 0.25) is 6.08 Å². The maximum Gasteiger partial charge on any atom is 0.411 e. The van der Waals surface area contributed by atoms with E-state index in [2.05, 4.69) is 21.6 Å².